The molecule has 136 valence electrons. The first-order valence-electron chi connectivity index (χ1n) is 9.28. The van der Waals surface area contributed by atoms with Gasteiger partial charge in [0.15, 0.2) is 5.78 Å². The zero-order chi connectivity index (χ0) is 18.4. The monoisotopic (exact) mass is 351 g/mol. The lowest BCUT2D eigenvalue weighted by Gasteiger charge is -2.28. The zero-order valence-corrected chi connectivity index (χ0v) is 15.2. The minimum Gasteiger partial charge on any atom is -0.494 e. The fourth-order valence-electron chi connectivity index (χ4n) is 3.19. The summed E-state index contributed by atoms with van der Waals surface area (Å²) in [7, 11) is 0. The molecular formula is C22H25NO3. The highest BCUT2D eigenvalue weighted by Crippen LogP contribution is 2.20. The number of ether oxygens (including phenoxy) is 1. The number of ketones is 1. The fraction of sp³-hybridized carbons (Fsp3) is 0.364. The fourth-order valence-corrected chi connectivity index (χ4v) is 3.19. The first kappa shape index (κ1) is 18.2. The standard InChI is InChI=1S/C22H25NO3/c1-2-15-26-20-9-7-18(8-10-20)21(24)11-12-22(25)23-14-13-17-5-3-4-6-19(17)16-23/h3-10H,2,11-16H2,1H3. The van der Waals surface area contributed by atoms with Crippen LogP contribution in [0.3, 0.4) is 0 Å². The number of nitrogens with zero attached hydrogens (tertiary/aromatic N) is 1. The lowest BCUT2D eigenvalue weighted by molar-refractivity contribution is -0.132. The van der Waals surface area contributed by atoms with Crippen LogP contribution in [0.5, 0.6) is 5.75 Å². The van der Waals surface area contributed by atoms with E-state index in [1.807, 2.05) is 29.2 Å². The molecule has 4 nitrogen and oxygen atoms in total. The molecule has 3 rings (SSSR count). The summed E-state index contributed by atoms with van der Waals surface area (Å²) in [6.45, 7) is 4.09. The summed E-state index contributed by atoms with van der Waals surface area (Å²) in [6.07, 6.45) is 2.33. The minimum atomic E-state index is -0.00204. The highest BCUT2D eigenvalue weighted by Gasteiger charge is 2.21. The van der Waals surface area contributed by atoms with Crippen LogP contribution in [-0.4, -0.2) is 29.7 Å². The second-order valence-corrected chi connectivity index (χ2v) is 6.63. The van der Waals surface area contributed by atoms with Gasteiger partial charge >= 0.3 is 0 Å². The summed E-state index contributed by atoms with van der Waals surface area (Å²) in [6, 6.07) is 15.4. The van der Waals surface area contributed by atoms with Crippen LogP contribution < -0.4 is 4.74 Å². The molecule has 1 amide bonds. The molecule has 0 N–H and O–H groups in total. The van der Waals surface area contributed by atoms with Crippen LogP contribution in [-0.2, 0) is 17.8 Å². The van der Waals surface area contributed by atoms with Crippen LogP contribution in [0.1, 0.15) is 47.7 Å². The van der Waals surface area contributed by atoms with Crippen molar-refractivity contribution in [1.29, 1.82) is 0 Å². The topological polar surface area (TPSA) is 46.6 Å². The van der Waals surface area contributed by atoms with Gasteiger partial charge in [0.25, 0.3) is 0 Å². The highest BCUT2D eigenvalue weighted by molar-refractivity contribution is 5.98. The molecule has 0 saturated heterocycles. The van der Waals surface area contributed by atoms with E-state index in [-0.39, 0.29) is 24.5 Å². The van der Waals surface area contributed by atoms with Gasteiger partial charge in [0.1, 0.15) is 5.75 Å². The Morgan fingerprint density at radius 2 is 1.73 bits per heavy atom. The zero-order valence-electron chi connectivity index (χ0n) is 15.2. The Morgan fingerprint density at radius 3 is 2.46 bits per heavy atom. The van der Waals surface area contributed by atoms with Crippen LogP contribution in [0.2, 0.25) is 0 Å². The Balaban J connectivity index is 1.50. The molecule has 1 aliphatic heterocycles. The van der Waals surface area contributed by atoms with Gasteiger partial charge in [0.05, 0.1) is 6.61 Å². The molecule has 1 heterocycles. The molecule has 0 bridgehead atoms. The van der Waals surface area contributed by atoms with Crippen LogP contribution in [0, 0.1) is 0 Å². The van der Waals surface area contributed by atoms with Gasteiger partial charge in [-0.3, -0.25) is 9.59 Å². The Labute approximate surface area is 154 Å². The Bertz CT molecular complexity index is 767. The van der Waals surface area contributed by atoms with E-state index < -0.39 is 0 Å². The van der Waals surface area contributed by atoms with Crippen molar-refractivity contribution in [3.05, 3.63) is 65.2 Å². The van der Waals surface area contributed by atoms with E-state index in [9.17, 15) is 9.59 Å². The summed E-state index contributed by atoms with van der Waals surface area (Å²) in [5.74, 6) is 0.819. The number of carbonyl (C=O) groups excluding carboxylic acids is 2. The van der Waals surface area contributed by atoms with Gasteiger partial charge in [0, 0.05) is 31.5 Å². The third-order valence-electron chi connectivity index (χ3n) is 4.70. The van der Waals surface area contributed by atoms with Crippen molar-refractivity contribution >= 4 is 11.7 Å². The van der Waals surface area contributed by atoms with Gasteiger partial charge in [-0.05, 0) is 48.2 Å². The second-order valence-electron chi connectivity index (χ2n) is 6.63. The van der Waals surface area contributed by atoms with E-state index in [1.165, 1.54) is 11.1 Å². The molecule has 0 spiro atoms. The molecule has 0 aliphatic carbocycles. The molecule has 2 aromatic carbocycles. The Kier molecular flexibility index (Phi) is 6.05. The van der Waals surface area contributed by atoms with Crippen LogP contribution in [0.25, 0.3) is 0 Å². The number of Topliss-reactive ketones (excluding diaryl/α,β-unsaturated/α-hetero) is 1. The molecule has 0 atom stereocenters. The largest absolute Gasteiger partial charge is 0.494 e. The van der Waals surface area contributed by atoms with E-state index in [0.29, 0.717) is 18.7 Å². The molecule has 4 heteroatoms. The summed E-state index contributed by atoms with van der Waals surface area (Å²) in [5, 5.41) is 0. The highest BCUT2D eigenvalue weighted by atomic mass is 16.5. The van der Waals surface area contributed by atoms with Crippen LogP contribution >= 0.6 is 0 Å². The number of hydrogen-bond acceptors (Lipinski definition) is 3. The van der Waals surface area contributed by atoms with Crippen molar-refractivity contribution in [1.82, 2.24) is 4.90 Å². The summed E-state index contributed by atoms with van der Waals surface area (Å²) >= 11 is 0. The average Bonchev–Trinajstić information content (AvgIpc) is 2.70. The number of rotatable bonds is 7. The first-order valence-corrected chi connectivity index (χ1v) is 9.28. The van der Waals surface area contributed by atoms with Crippen molar-refractivity contribution < 1.29 is 14.3 Å². The van der Waals surface area contributed by atoms with Gasteiger partial charge in [-0.1, -0.05) is 31.2 Å². The van der Waals surface area contributed by atoms with Crippen molar-refractivity contribution in [2.45, 2.75) is 39.2 Å². The van der Waals surface area contributed by atoms with Gasteiger partial charge in [-0.15, -0.1) is 0 Å². The molecule has 1 aliphatic rings. The molecule has 0 radical (unpaired) electrons. The lowest BCUT2D eigenvalue weighted by atomic mass is 9.99. The van der Waals surface area contributed by atoms with Gasteiger partial charge < -0.3 is 9.64 Å². The molecule has 2 aromatic rings. The number of benzene rings is 2. The maximum atomic E-state index is 12.5. The number of hydrogen-bond donors (Lipinski definition) is 0. The maximum Gasteiger partial charge on any atom is 0.223 e. The molecule has 26 heavy (non-hydrogen) atoms. The minimum absolute atomic E-state index is 0.00204. The second kappa shape index (κ2) is 8.65. The first-order chi connectivity index (χ1) is 12.7. The van der Waals surface area contributed by atoms with E-state index in [4.69, 9.17) is 4.74 Å². The molecule has 0 fully saturated rings. The molecular weight excluding hydrogens is 326 g/mol. The van der Waals surface area contributed by atoms with Crippen LogP contribution in [0.4, 0.5) is 0 Å². The Morgan fingerprint density at radius 1 is 1.00 bits per heavy atom. The van der Waals surface area contributed by atoms with E-state index in [1.54, 1.807) is 12.1 Å². The molecule has 0 unspecified atom stereocenters. The molecule has 0 saturated carbocycles. The van der Waals surface area contributed by atoms with Crippen molar-refractivity contribution in [2.24, 2.45) is 0 Å². The summed E-state index contributed by atoms with van der Waals surface area (Å²) < 4.78 is 5.52. The van der Waals surface area contributed by atoms with Gasteiger partial charge in [-0.2, -0.15) is 0 Å². The predicted octanol–water partition coefficient (Wildman–Crippen LogP) is 4.02. The van der Waals surface area contributed by atoms with E-state index in [0.717, 1.165) is 25.1 Å². The smallest absolute Gasteiger partial charge is 0.223 e. The van der Waals surface area contributed by atoms with Crippen LogP contribution in [0.15, 0.2) is 48.5 Å². The van der Waals surface area contributed by atoms with Crippen molar-refractivity contribution in [2.75, 3.05) is 13.2 Å². The summed E-state index contributed by atoms with van der Waals surface area (Å²) in [4.78, 5) is 26.7. The SMILES string of the molecule is CCCOc1ccc(C(=O)CCC(=O)N2CCc3ccccc3C2)cc1. The predicted molar refractivity (Wildman–Crippen MR) is 101 cm³/mol. The van der Waals surface area contributed by atoms with Gasteiger partial charge in [0.2, 0.25) is 5.91 Å². The quantitative estimate of drug-likeness (QED) is 0.708. The van der Waals surface area contributed by atoms with E-state index >= 15 is 0 Å². The Hall–Kier alpha value is -2.62. The number of fused-ring (bicyclic) bond motifs is 1. The normalized spacial score (nSPS) is 13.2. The lowest BCUT2D eigenvalue weighted by Crippen LogP contribution is -2.36. The van der Waals surface area contributed by atoms with Gasteiger partial charge in [-0.25, -0.2) is 0 Å². The summed E-state index contributed by atoms with van der Waals surface area (Å²) in [5.41, 5.74) is 3.16. The van der Waals surface area contributed by atoms with E-state index in [2.05, 4.69) is 19.1 Å². The van der Waals surface area contributed by atoms with Crippen molar-refractivity contribution in [3.63, 3.8) is 0 Å². The molecule has 0 aromatic heterocycles. The third-order valence-corrected chi connectivity index (χ3v) is 4.70. The number of carbonyl (C=O) groups is 2. The average molecular weight is 351 g/mol. The maximum absolute atomic E-state index is 12.5. The number of amides is 1. The van der Waals surface area contributed by atoms with Crippen molar-refractivity contribution in [3.8, 4) is 5.75 Å². The third kappa shape index (κ3) is 4.51.